The highest BCUT2D eigenvalue weighted by Crippen LogP contribution is 2.09. The van der Waals surface area contributed by atoms with Crippen molar-refractivity contribution in [1.29, 1.82) is 0 Å². The number of nitrogens with one attached hydrogen (secondary N) is 1. The van der Waals surface area contributed by atoms with Gasteiger partial charge in [0.25, 0.3) is 0 Å². The van der Waals surface area contributed by atoms with Crippen LogP contribution in [0.5, 0.6) is 0 Å². The molecule has 1 aromatic rings. The quantitative estimate of drug-likeness (QED) is 0.765. The molecule has 1 aromatic heterocycles. The summed E-state index contributed by atoms with van der Waals surface area (Å²) in [5, 5.41) is 7.38. The topological polar surface area (TPSA) is 63.8 Å². The molecular weight excluding hydrogens is 196 g/mol. The zero-order valence-electron chi connectivity index (χ0n) is 8.95. The van der Waals surface area contributed by atoms with Crippen molar-refractivity contribution in [2.45, 2.75) is 33.4 Å². The molecule has 1 unspecified atom stereocenters. The maximum atomic E-state index is 5.66. The van der Waals surface area contributed by atoms with Crippen LogP contribution in [0.25, 0.3) is 0 Å². The summed E-state index contributed by atoms with van der Waals surface area (Å²) < 4.78 is 3.89. The largest absolute Gasteiger partial charge is 0.329 e. The molecule has 3 N–H and O–H groups in total. The van der Waals surface area contributed by atoms with E-state index in [4.69, 9.17) is 5.73 Å². The van der Waals surface area contributed by atoms with Crippen LogP contribution < -0.4 is 11.1 Å². The molecular formula is C9H18N4S. The average molecular weight is 214 g/mol. The van der Waals surface area contributed by atoms with Crippen LogP contribution >= 0.6 is 11.5 Å². The highest BCUT2D eigenvalue weighted by atomic mass is 32.1. The summed E-state index contributed by atoms with van der Waals surface area (Å²) in [5.41, 5.74) is 6.68. The first-order chi connectivity index (χ1) is 6.65. The minimum Gasteiger partial charge on any atom is -0.329 e. The van der Waals surface area contributed by atoms with Crippen molar-refractivity contribution in [3.63, 3.8) is 0 Å². The third-order valence-corrected chi connectivity index (χ3v) is 3.15. The Kier molecular flexibility index (Phi) is 4.44. The van der Waals surface area contributed by atoms with E-state index < -0.39 is 0 Å². The molecule has 0 aliphatic heterocycles. The van der Waals surface area contributed by atoms with Gasteiger partial charge in [-0.15, -0.1) is 5.10 Å². The monoisotopic (exact) mass is 214 g/mol. The number of nitrogens with zero attached hydrogens (tertiary/aromatic N) is 2. The molecule has 1 heterocycles. The van der Waals surface area contributed by atoms with Crippen molar-refractivity contribution in [2.24, 2.45) is 11.7 Å². The van der Waals surface area contributed by atoms with E-state index in [0.717, 1.165) is 12.2 Å². The van der Waals surface area contributed by atoms with Gasteiger partial charge >= 0.3 is 0 Å². The van der Waals surface area contributed by atoms with Crippen LogP contribution in [-0.2, 0) is 6.54 Å². The molecule has 0 fully saturated rings. The van der Waals surface area contributed by atoms with Gasteiger partial charge in [0.2, 0.25) is 0 Å². The molecule has 0 saturated heterocycles. The first-order valence-corrected chi connectivity index (χ1v) is 5.63. The van der Waals surface area contributed by atoms with E-state index in [1.54, 1.807) is 0 Å². The van der Waals surface area contributed by atoms with Crippen LogP contribution in [0.2, 0.25) is 0 Å². The molecule has 0 spiro atoms. The van der Waals surface area contributed by atoms with Gasteiger partial charge < -0.3 is 11.1 Å². The predicted molar refractivity (Wildman–Crippen MR) is 59.2 cm³/mol. The first kappa shape index (κ1) is 11.6. The Morgan fingerprint density at radius 3 is 2.64 bits per heavy atom. The van der Waals surface area contributed by atoms with Crippen LogP contribution in [0.1, 0.15) is 24.4 Å². The highest BCUT2D eigenvalue weighted by molar-refractivity contribution is 7.05. The van der Waals surface area contributed by atoms with Crippen LogP contribution in [0.4, 0.5) is 0 Å². The molecule has 0 amide bonds. The smallest absolute Gasteiger partial charge is 0.0769 e. The van der Waals surface area contributed by atoms with E-state index in [-0.39, 0.29) is 0 Å². The van der Waals surface area contributed by atoms with Crippen molar-refractivity contribution >= 4 is 11.5 Å². The third kappa shape index (κ3) is 3.01. The van der Waals surface area contributed by atoms with Crippen molar-refractivity contribution in [2.75, 3.05) is 6.54 Å². The lowest BCUT2D eigenvalue weighted by molar-refractivity contribution is 0.406. The fraction of sp³-hybridized carbons (Fsp3) is 0.778. The Bertz CT molecular complexity index is 272. The lowest BCUT2D eigenvalue weighted by Gasteiger charge is -2.19. The number of nitrogens with two attached hydrogens (primary N) is 1. The van der Waals surface area contributed by atoms with Crippen molar-refractivity contribution < 1.29 is 0 Å². The molecule has 0 aliphatic rings. The predicted octanol–water partition coefficient (Wildman–Crippen LogP) is 0.919. The van der Waals surface area contributed by atoms with Gasteiger partial charge in [-0.3, -0.25) is 0 Å². The molecule has 1 atom stereocenters. The Labute approximate surface area is 89.1 Å². The zero-order valence-corrected chi connectivity index (χ0v) is 9.77. The summed E-state index contributed by atoms with van der Waals surface area (Å²) >= 11 is 1.45. The molecule has 0 aliphatic carbocycles. The molecule has 14 heavy (non-hydrogen) atoms. The second-order valence-electron chi connectivity index (χ2n) is 3.75. The Morgan fingerprint density at radius 2 is 2.21 bits per heavy atom. The number of rotatable bonds is 5. The van der Waals surface area contributed by atoms with E-state index in [1.807, 2.05) is 6.92 Å². The molecule has 1 rings (SSSR count). The Balaban J connectivity index is 2.43. The van der Waals surface area contributed by atoms with Crippen LogP contribution in [-0.4, -0.2) is 22.2 Å². The summed E-state index contributed by atoms with van der Waals surface area (Å²) in [5.74, 6) is 0.557. The standard InChI is InChI=1S/C9H18N4S/c1-6(2)8(4-10)11-5-9-7(3)12-13-14-9/h6,8,11H,4-5,10H2,1-3H3. The van der Waals surface area contributed by atoms with Gasteiger partial charge in [0.15, 0.2) is 0 Å². The fourth-order valence-corrected chi connectivity index (χ4v) is 1.81. The van der Waals surface area contributed by atoms with Gasteiger partial charge in [0, 0.05) is 19.1 Å². The van der Waals surface area contributed by atoms with Crippen LogP contribution in [0.15, 0.2) is 0 Å². The molecule has 80 valence electrons. The van der Waals surface area contributed by atoms with Crippen molar-refractivity contribution in [3.05, 3.63) is 10.6 Å². The molecule has 0 saturated carbocycles. The van der Waals surface area contributed by atoms with Crippen LogP contribution in [0.3, 0.4) is 0 Å². The van der Waals surface area contributed by atoms with E-state index in [9.17, 15) is 0 Å². The molecule has 0 bridgehead atoms. The second kappa shape index (κ2) is 5.38. The Morgan fingerprint density at radius 1 is 1.50 bits per heavy atom. The number of aromatic nitrogens is 2. The van der Waals surface area contributed by atoms with E-state index in [0.29, 0.717) is 18.5 Å². The zero-order chi connectivity index (χ0) is 10.6. The van der Waals surface area contributed by atoms with Crippen LogP contribution in [0, 0.1) is 12.8 Å². The van der Waals surface area contributed by atoms with Crippen molar-refractivity contribution in [3.8, 4) is 0 Å². The van der Waals surface area contributed by atoms with Gasteiger partial charge in [-0.25, -0.2) is 0 Å². The molecule has 0 radical (unpaired) electrons. The number of hydrogen-bond donors (Lipinski definition) is 2. The molecule has 5 heteroatoms. The van der Waals surface area contributed by atoms with Gasteiger partial charge in [-0.05, 0) is 24.4 Å². The number of hydrogen-bond acceptors (Lipinski definition) is 5. The van der Waals surface area contributed by atoms with Gasteiger partial charge in [-0.1, -0.05) is 18.3 Å². The summed E-state index contributed by atoms with van der Waals surface area (Å²) in [6, 6.07) is 0.372. The Hall–Kier alpha value is -0.520. The fourth-order valence-electron chi connectivity index (χ4n) is 1.23. The maximum Gasteiger partial charge on any atom is 0.0769 e. The SMILES string of the molecule is Cc1nnsc1CNC(CN)C(C)C. The second-order valence-corrected chi connectivity index (χ2v) is 4.59. The summed E-state index contributed by atoms with van der Waals surface area (Å²) in [7, 11) is 0. The van der Waals surface area contributed by atoms with E-state index >= 15 is 0 Å². The lowest BCUT2D eigenvalue weighted by atomic mass is 10.0. The van der Waals surface area contributed by atoms with Gasteiger partial charge in [-0.2, -0.15) is 0 Å². The summed E-state index contributed by atoms with van der Waals surface area (Å²) in [6.45, 7) is 7.81. The first-order valence-electron chi connectivity index (χ1n) is 4.86. The number of aryl methyl sites for hydroxylation is 1. The van der Waals surface area contributed by atoms with Crippen molar-refractivity contribution in [1.82, 2.24) is 14.9 Å². The minimum absolute atomic E-state index is 0.372. The van der Waals surface area contributed by atoms with Gasteiger partial charge in [0.1, 0.15) is 0 Å². The van der Waals surface area contributed by atoms with E-state index in [2.05, 4.69) is 28.8 Å². The molecule has 4 nitrogen and oxygen atoms in total. The van der Waals surface area contributed by atoms with E-state index in [1.165, 1.54) is 16.4 Å². The minimum atomic E-state index is 0.372. The normalized spacial score (nSPS) is 13.5. The maximum absolute atomic E-state index is 5.66. The highest BCUT2D eigenvalue weighted by Gasteiger charge is 2.11. The molecule has 0 aromatic carbocycles. The van der Waals surface area contributed by atoms with Gasteiger partial charge in [0.05, 0.1) is 10.6 Å². The average Bonchev–Trinajstić information content (AvgIpc) is 2.52. The third-order valence-electron chi connectivity index (χ3n) is 2.33. The lowest BCUT2D eigenvalue weighted by Crippen LogP contribution is -2.39. The summed E-state index contributed by atoms with van der Waals surface area (Å²) in [4.78, 5) is 1.20. The summed E-state index contributed by atoms with van der Waals surface area (Å²) in [6.07, 6.45) is 0.